The van der Waals surface area contributed by atoms with E-state index in [-0.39, 0.29) is 12.0 Å². The van der Waals surface area contributed by atoms with Crippen molar-refractivity contribution in [1.82, 2.24) is 0 Å². The van der Waals surface area contributed by atoms with Gasteiger partial charge in [0.25, 0.3) is 0 Å². The maximum absolute atomic E-state index is 9.84. The second-order valence-corrected chi connectivity index (χ2v) is 6.16. The van der Waals surface area contributed by atoms with Crippen LogP contribution in [0.25, 0.3) is 0 Å². The van der Waals surface area contributed by atoms with E-state index in [0.29, 0.717) is 0 Å². The first-order valence-corrected chi connectivity index (χ1v) is 7.83. The third-order valence-corrected chi connectivity index (χ3v) is 4.45. The smallest absolute Gasteiger partial charge is 0.122 e. The Labute approximate surface area is 125 Å². The minimum atomic E-state index is -0.0237. The van der Waals surface area contributed by atoms with E-state index in [1.807, 2.05) is 12.1 Å². The summed E-state index contributed by atoms with van der Waals surface area (Å²) in [6.07, 6.45) is 5.23. The van der Waals surface area contributed by atoms with Gasteiger partial charge in [-0.25, -0.2) is 0 Å². The molecule has 0 aliphatic rings. The molecule has 2 nitrogen and oxygen atoms in total. The number of ether oxygens (including phenoxy) is 1. The summed E-state index contributed by atoms with van der Waals surface area (Å²) < 4.78 is 6.49. The Kier molecular flexibility index (Phi) is 6.87. The molecule has 0 radical (unpaired) electrons. The van der Waals surface area contributed by atoms with Gasteiger partial charge in [-0.2, -0.15) is 0 Å². The Balaban J connectivity index is 2.98. The first kappa shape index (κ1) is 16.5. The zero-order valence-electron chi connectivity index (χ0n) is 12.2. The summed E-state index contributed by atoms with van der Waals surface area (Å²) in [5.74, 6) is 0.908. The summed E-state index contributed by atoms with van der Waals surface area (Å²) >= 11 is 3.51. The Morgan fingerprint density at radius 1 is 1.32 bits per heavy atom. The molecular weight excluding hydrogens is 304 g/mol. The predicted octanol–water partition coefficient (Wildman–Crippen LogP) is 4.58. The predicted molar refractivity (Wildman–Crippen MR) is 83.7 cm³/mol. The maximum atomic E-state index is 9.84. The summed E-state index contributed by atoms with van der Waals surface area (Å²) in [4.78, 5) is 0. The van der Waals surface area contributed by atoms with Crippen LogP contribution in [-0.2, 0) is 6.42 Å². The van der Waals surface area contributed by atoms with Crippen molar-refractivity contribution in [3.05, 3.63) is 28.2 Å². The van der Waals surface area contributed by atoms with Crippen molar-refractivity contribution in [2.75, 3.05) is 13.7 Å². The quantitative estimate of drug-likeness (QED) is 0.756. The van der Waals surface area contributed by atoms with Gasteiger partial charge in [-0.05, 0) is 48.4 Å². The Morgan fingerprint density at radius 2 is 2.05 bits per heavy atom. The van der Waals surface area contributed by atoms with E-state index in [1.165, 1.54) is 5.56 Å². The number of aliphatic hydroxyl groups excluding tert-OH is 1. The topological polar surface area (TPSA) is 29.5 Å². The fourth-order valence-electron chi connectivity index (χ4n) is 2.48. The van der Waals surface area contributed by atoms with Crippen molar-refractivity contribution >= 4 is 15.9 Å². The highest BCUT2D eigenvalue weighted by molar-refractivity contribution is 9.10. The molecule has 1 N–H and O–H groups in total. The van der Waals surface area contributed by atoms with Gasteiger partial charge in [0.1, 0.15) is 5.75 Å². The first-order valence-electron chi connectivity index (χ1n) is 7.04. The molecule has 3 heteroatoms. The molecule has 108 valence electrons. The van der Waals surface area contributed by atoms with Gasteiger partial charge >= 0.3 is 0 Å². The molecule has 0 aromatic heterocycles. The normalized spacial score (nSPS) is 14.2. The van der Waals surface area contributed by atoms with Gasteiger partial charge < -0.3 is 9.84 Å². The highest BCUT2D eigenvalue weighted by Gasteiger charge is 2.28. The van der Waals surface area contributed by atoms with E-state index in [4.69, 9.17) is 4.74 Å². The molecule has 1 aromatic rings. The van der Waals surface area contributed by atoms with Gasteiger partial charge in [0.2, 0.25) is 0 Å². The maximum Gasteiger partial charge on any atom is 0.122 e. The zero-order valence-corrected chi connectivity index (χ0v) is 13.8. The van der Waals surface area contributed by atoms with Crippen molar-refractivity contribution in [3.8, 4) is 5.75 Å². The van der Waals surface area contributed by atoms with Crippen molar-refractivity contribution in [2.45, 2.75) is 46.0 Å². The van der Waals surface area contributed by atoms with Crippen LogP contribution in [0, 0.1) is 5.41 Å². The van der Waals surface area contributed by atoms with Crippen LogP contribution in [0.5, 0.6) is 5.75 Å². The van der Waals surface area contributed by atoms with E-state index in [1.54, 1.807) is 7.11 Å². The number of aliphatic hydroxyl groups is 1. The molecule has 0 spiro atoms. The minimum absolute atomic E-state index is 0.0237. The molecule has 0 aliphatic carbocycles. The second kappa shape index (κ2) is 7.91. The zero-order chi connectivity index (χ0) is 14.3. The monoisotopic (exact) mass is 328 g/mol. The lowest BCUT2D eigenvalue weighted by Crippen LogP contribution is -2.27. The molecule has 1 aromatic carbocycles. The molecule has 0 bridgehead atoms. The van der Waals surface area contributed by atoms with Crippen LogP contribution in [-0.4, -0.2) is 18.8 Å². The van der Waals surface area contributed by atoms with Crippen LogP contribution in [0.1, 0.15) is 45.1 Å². The SMILES string of the molecule is CCCCC(CC)(CO)Cc1cc(Br)ccc1OC. The van der Waals surface area contributed by atoms with Crippen LogP contribution < -0.4 is 4.74 Å². The van der Waals surface area contributed by atoms with Crippen LogP contribution in [0.3, 0.4) is 0 Å². The number of halogens is 1. The molecule has 0 saturated carbocycles. The van der Waals surface area contributed by atoms with E-state index >= 15 is 0 Å². The standard InChI is InChI=1S/C16H25BrO2/c1-4-6-9-16(5-2,12-18)11-13-10-14(17)7-8-15(13)19-3/h7-8,10,18H,4-6,9,11-12H2,1-3H3. The molecule has 0 saturated heterocycles. The second-order valence-electron chi connectivity index (χ2n) is 5.25. The Bertz CT molecular complexity index is 386. The van der Waals surface area contributed by atoms with Crippen molar-refractivity contribution in [1.29, 1.82) is 0 Å². The van der Waals surface area contributed by atoms with E-state index < -0.39 is 0 Å². The average Bonchev–Trinajstić information content (AvgIpc) is 2.44. The largest absolute Gasteiger partial charge is 0.496 e. The van der Waals surface area contributed by atoms with Crippen molar-refractivity contribution < 1.29 is 9.84 Å². The molecule has 0 amide bonds. The Morgan fingerprint density at radius 3 is 2.58 bits per heavy atom. The molecule has 0 aliphatic heterocycles. The van der Waals surface area contributed by atoms with Gasteiger partial charge in [0.05, 0.1) is 7.11 Å². The summed E-state index contributed by atoms with van der Waals surface area (Å²) in [5.41, 5.74) is 1.15. The molecule has 0 heterocycles. The molecule has 0 fully saturated rings. The lowest BCUT2D eigenvalue weighted by molar-refractivity contribution is 0.106. The van der Waals surface area contributed by atoms with E-state index in [9.17, 15) is 5.11 Å². The minimum Gasteiger partial charge on any atom is -0.496 e. The number of unbranched alkanes of at least 4 members (excludes halogenated alkanes) is 1. The van der Waals surface area contributed by atoms with Gasteiger partial charge in [-0.15, -0.1) is 0 Å². The lowest BCUT2D eigenvalue weighted by atomic mass is 9.76. The average molecular weight is 329 g/mol. The summed E-state index contributed by atoms with van der Waals surface area (Å²) in [6.45, 7) is 4.59. The van der Waals surface area contributed by atoms with E-state index in [0.717, 1.165) is 42.3 Å². The molecule has 19 heavy (non-hydrogen) atoms. The molecule has 1 rings (SSSR count). The first-order chi connectivity index (χ1) is 9.10. The highest BCUT2D eigenvalue weighted by Crippen LogP contribution is 2.36. The number of hydrogen-bond donors (Lipinski definition) is 1. The van der Waals surface area contributed by atoms with Crippen LogP contribution in [0.4, 0.5) is 0 Å². The number of methoxy groups -OCH3 is 1. The summed E-state index contributed by atoms with van der Waals surface area (Å²) in [6, 6.07) is 6.07. The van der Waals surface area contributed by atoms with Gasteiger partial charge in [0, 0.05) is 11.1 Å². The summed E-state index contributed by atoms with van der Waals surface area (Å²) in [5, 5.41) is 9.84. The van der Waals surface area contributed by atoms with Crippen LogP contribution >= 0.6 is 15.9 Å². The summed E-state index contributed by atoms with van der Waals surface area (Å²) in [7, 11) is 1.70. The van der Waals surface area contributed by atoms with E-state index in [2.05, 4.69) is 35.8 Å². The Hall–Kier alpha value is -0.540. The van der Waals surface area contributed by atoms with Crippen molar-refractivity contribution in [3.63, 3.8) is 0 Å². The lowest BCUT2D eigenvalue weighted by Gasteiger charge is -2.31. The van der Waals surface area contributed by atoms with Crippen LogP contribution in [0.2, 0.25) is 0 Å². The van der Waals surface area contributed by atoms with Gasteiger partial charge in [-0.1, -0.05) is 42.6 Å². The fraction of sp³-hybridized carbons (Fsp3) is 0.625. The van der Waals surface area contributed by atoms with Crippen LogP contribution in [0.15, 0.2) is 22.7 Å². The third-order valence-electron chi connectivity index (χ3n) is 3.95. The van der Waals surface area contributed by atoms with Crippen molar-refractivity contribution in [2.24, 2.45) is 5.41 Å². The highest BCUT2D eigenvalue weighted by atomic mass is 79.9. The molecule has 1 atom stereocenters. The number of hydrogen-bond acceptors (Lipinski definition) is 2. The van der Waals surface area contributed by atoms with Gasteiger partial charge in [-0.3, -0.25) is 0 Å². The third kappa shape index (κ3) is 4.50. The fourth-order valence-corrected chi connectivity index (χ4v) is 2.89. The number of rotatable bonds is 8. The number of benzene rings is 1. The molecular formula is C16H25BrO2. The van der Waals surface area contributed by atoms with Gasteiger partial charge in [0.15, 0.2) is 0 Å². The molecule has 1 unspecified atom stereocenters.